The third-order valence-electron chi connectivity index (χ3n) is 2.99. The van der Waals surface area contributed by atoms with Crippen LogP contribution in [0.25, 0.3) is 22.8 Å². The topological polar surface area (TPSA) is 79.4 Å². The summed E-state index contributed by atoms with van der Waals surface area (Å²) in [6.07, 6.45) is 0. The van der Waals surface area contributed by atoms with Crippen molar-refractivity contribution in [3.05, 3.63) is 54.1 Å². The first-order valence-electron chi connectivity index (χ1n) is 6.11. The fraction of sp³-hybridized carbons (Fsp3) is 0.0667. The highest BCUT2D eigenvalue weighted by Crippen LogP contribution is 2.29. The van der Waals surface area contributed by atoms with Crippen molar-refractivity contribution in [2.24, 2.45) is 0 Å². The van der Waals surface area contributed by atoms with Crippen LogP contribution in [-0.4, -0.2) is 20.4 Å². The van der Waals surface area contributed by atoms with E-state index in [0.29, 0.717) is 28.4 Å². The van der Waals surface area contributed by atoms with Crippen molar-refractivity contribution in [1.82, 2.24) is 10.1 Å². The van der Waals surface area contributed by atoms with E-state index in [9.17, 15) is 10.2 Å². The zero-order chi connectivity index (χ0) is 13.9. The molecule has 5 nitrogen and oxygen atoms in total. The van der Waals surface area contributed by atoms with Crippen LogP contribution in [0, 0.1) is 0 Å². The average molecular weight is 268 g/mol. The normalized spacial score (nSPS) is 10.7. The van der Waals surface area contributed by atoms with Crippen molar-refractivity contribution >= 4 is 0 Å². The zero-order valence-electron chi connectivity index (χ0n) is 10.5. The van der Waals surface area contributed by atoms with E-state index in [-0.39, 0.29) is 12.4 Å². The second-order valence-corrected chi connectivity index (χ2v) is 4.26. The summed E-state index contributed by atoms with van der Waals surface area (Å²) in [5.41, 5.74) is 1.90. The third kappa shape index (κ3) is 2.15. The molecule has 0 radical (unpaired) electrons. The van der Waals surface area contributed by atoms with E-state index in [0.717, 1.165) is 0 Å². The summed E-state index contributed by atoms with van der Waals surface area (Å²) < 4.78 is 5.22. The minimum Gasteiger partial charge on any atom is -0.507 e. The van der Waals surface area contributed by atoms with E-state index < -0.39 is 0 Å². The number of hydrogen-bond acceptors (Lipinski definition) is 5. The summed E-state index contributed by atoms with van der Waals surface area (Å²) >= 11 is 0. The molecule has 0 bridgehead atoms. The Kier molecular flexibility index (Phi) is 3.18. The van der Waals surface area contributed by atoms with Crippen LogP contribution in [-0.2, 0) is 6.61 Å². The molecule has 100 valence electrons. The molecule has 0 fully saturated rings. The molecule has 0 saturated carbocycles. The number of benzene rings is 2. The Morgan fingerprint density at radius 2 is 1.65 bits per heavy atom. The van der Waals surface area contributed by atoms with E-state index in [1.54, 1.807) is 36.4 Å². The maximum absolute atomic E-state index is 9.78. The molecule has 5 heteroatoms. The van der Waals surface area contributed by atoms with Gasteiger partial charge in [0.2, 0.25) is 5.82 Å². The van der Waals surface area contributed by atoms with Gasteiger partial charge in [-0.2, -0.15) is 4.98 Å². The van der Waals surface area contributed by atoms with Gasteiger partial charge in [-0.3, -0.25) is 0 Å². The van der Waals surface area contributed by atoms with Gasteiger partial charge in [0.05, 0.1) is 12.2 Å². The predicted octanol–water partition coefficient (Wildman–Crippen LogP) is 2.60. The highest BCUT2D eigenvalue weighted by Gasteiger charge is 2.15. The summed E-state index contributed by atoms with van der Waals surface area (Å²) in [6, 6.07) is 14.0. The summed E-state index contributed by atoms with van der Waals surface area (Å²) in [7, 11) is 0. The lowest BCUT2D eigenvalue weighted by molar-refractivity contribution is 0.282. The number of nitrogens with zero attached hydrogens (tertiary/aromatic N) is 2. The van der Waals surface area contributed by atoms with Crippen molar-refractivity contribution in [2.45, 2.75) is 6.61 Å². The molecular weight excluding hydrogens is 256 g/mol. The molecule has 3 rings (SSSR count). The van der Waals surface area contributed by atoms with E-state index in [4.69, 9.17) is 4.52 Å². The highest BCUT2D eigenvalue weighted by molar-refractivity contribution is 5.66. The summed E-state index contributed by atoms with van der Waals surface area (Å²) in [4.78, 5) is 4.27. The molecule has 0 spiro atoms. The van der Waals surface area contributed by atoms with Gasteiger partial charge in [-0.1, -0.05) is 35.5 Å². The number of hydrogen-bond donors (Lipinski definition) is 2. The van der Waals surface area contributed by atoms with Crippen LogP contribution >= 0.6 is 0 Å². The van der Waals surface area contributed by atoms with Gasteiger partial charge in [0, 0.05) is 5.56 Å². The predicted molar refractivity (Wildman–Crippen MR) is 72.8 cm³/mol. The quantitative estimate of drug-likeness (QED) is 0.763. The van der Waals surface area contributed by atoms with Crippen molar-refractivity contribution < 1.29 is 14.7 Å². The first-order valence-corrected chi connectivity index (χ1v) is 6.11. The molecule has 0 aliphatic heterocycles. The maximum atomic E-state index is 9.78. The van der Waals surface area contributed by atoms with Gasteiger partial charge in [0.25, 0.3) is 5.89 Å². The van der Waals surface area contributed by atoms with Gasteiger partial charge in [-0.15, -0.1) is 0 Å². The molecular formula is C15H12N2O3. The minimum absolute atomic E-state index is 0.0929. The second kappa shape index (κ2) is 5.14. The van der Waals surface area contributed by atoms with Crippen molar-refractivity contribution in [3.63, 3.8) is 0 Å². The molecule has 0 aliphatic rings. The van der Waals surface area contributed by atoms with Crippen LogP contribution in [0.2, 0.25) is 0 Å². The van der Waals surface area contributed by atoms with Crippen LogP contribution in [0.4, 0.5) is 0 Å². The molecule has 1 aromatic heterocycles. The first-order chi connectivity index (χ1) is 9.79. The standard InChI is InChI=1S/C15H12N2O3/c18-9-10-5-1-2-6-11(10)15-16-14(17-20-15)12-7-3-4-8-13(12)19/h1-8,18-19H,9H2. The average Bonchev–Trinajstić information content (AvgIpc) is 2.97. The fourth-order valence-corrected chi connectivity index (χ4v) is 1.97. The largest absolute Gasteiger partial charge is 0.507 e. The Morgan fingerprint density at radius 1 is 0.950 bits per heavy atom. The number of aliphatic hydroxyl groups excluding tert-OH is 1. The van der Waals surface area contributed by atoms with Crippen molar-refractivity contribution in [2.75, 3.05) is 0 Å². The van der Waals surface area contributed by atoms with Crippen LogP contribution in [0.1, 0.15) is 5.56 Å². The number of phenols is 1. The lowest BCUT2D eigenvalue weighted by atomic mass is 10.1. The molecule has 2 N–H and O–H groups in total. The van der Waals surface area contributed by atoms with Crippen molar-refractivity contribution in [1.29, 1.82) is 0 Å². The smallest absolute Gasteiger partial charge is 0.258 e. The van der Waals surface area contributed by atoms with E-state index in [1.165, 1.54) is 0 Å². The van der Waals surface area contributed by atoms with Gasteiger partial charge in [0.15, 0.2) is 0 Å². The fourth-order valence-electron chi connectivity index (χ4n) is 1.97. The Hall–Kier alpha value is -2.66. The van der Waals surface area contributed by atoms with Gasteiger partial charge in [-0.05, 0) is 23.8 Å². The lowest BCUT2D eigenvalue weighted by Crippen LogP contribution is -1.89. The minimum atomic E-state index is -0.107. The Morgan fingerprint density at radius 3 is 2.40 bits per heavy atom. The third-order valence-corrected chi connectivity index (χ3v) is 2.99. The molecule has 2 aromatic carbocycles. The van der Waals surface area contributed by atoms with Gasteiger partial charge in [-0.25, -0.2) is 0 Å². The molecule has 0 saturated heterocycles. The Bertz CT molecular complexity index is 737. The molecule has 0 unspecified atom stereocenters. The Balaban J connectivity index is 2.05. The Labute approximate surface area is 115 Å². The van der Waals surface area contributed by atoms with Gasteiger partial charge in [0.1, 0.15) is 5.75 Å². The van der Waals surface area contributed by atoms with Crippen LogP contribution < -0.4 is 0 Å². The van der Waals surface area contributed by atoms with Crippen LogP contribution in [0.3, 0.4) is 0 Å². The van der Waals surface area contributed by atoms with Gasteiger partial charge >= 0.3 is 0 Å². The molecule has 20 heavy (non-hydrogen) atoms. The van der Waals surface area contributed by atoms with Gasteiger partial charge < -0.3 is 14.7 Å². The summed E-state index contributed by atoms with van der Waals surface area (Å²) in [6.45, 7) is -0.107. The van der Waals surface area contributed by atoms with Crippen molar-refractivity contribution in [3.8, 4) is 28.6 Å². The van der Waals surface area contributed by atoms with E-state index in [1.807, 2.05) is 12.1 Å². The van der Waals surface area contributed by atoms with E-state index in [2.05, 4.69) is 10.1 Å². The number of aromatic nitrogens is 2. The number of phenolic OH excluding ortho intramolecular Hbond substituents is 1. The molecule has 0 atom stereocenters. The van der Waals surface area contributed by atoms with Crippen LogP contribution in [0.5, 0.6) is 5.75 Å². The van der Waals surface area contributed by atoms with E-state index >= 15 is 0 Å². The molecule has 0 amide bonds. The number of aromatic hydroxyl groups is 1. The lowest BCUT2D eigenvalue weighted by Gasteiger charge is -2.01. The number of rotatable bonds is 3. The second-order valence-electron chi connectivity index (χ2n) is 4.26. The zero-order valence-corrected chi connectivity index (χ0v) is 10.5. The SMILES string of the molecule is OCc1ccccc1-c1nc(-c2ccccc2O)no1. The first kappa shape index (κ1) is 12.4. The summed E-state index contributed by atoms with van der Waals surface area (Å²) in [5, 5.41) is 23.0. The molecule has 0 aliphatic carbocycles. The molecule has 3 aromatic rings. The monoisotopic (exact) mass is 268 g/mol. The number of aliphatic hydroxyl groups is 1. The molecule has 1 heterocycles. The summed E-state index contributed by atoms with van der Waals surface area (Å²) in [5.74, 6) is 0.717. The maximum Gasteiger partial charge on any atom is 0.258 e. The van der Waals surface area contributed by atoms with Crippen LogP contribution in [0.15, 0.2) is 53.1 Å². The number of para-hydroxylation sites is 1. The highest BCUT2D eigenvalue weighted by atomic mass is 16.5.